The second-order valence-electron chi connectivity index (χ2n) is 5.79. The van der Waals surface area contributed by atoms with Crippen molar-refractivity contribution in [3.8, 4) is 0 Å². The van der Waals surface area contributed by atoms with Gasteiger partial charge < -0.3 is 10.2 Å². The molecule has 0 saturated heterocycles. The Balaban J connectivity index is 2.23. The standard InChI is InChI=1S/C18H21N3O4S/c1-14(22)19-15-9-11-17(12-10-15)21(26(3,24)25)13-18(23)20(2)16-7-5-4-6-8-16/h4-12H,13H2,1-3H3,(H,19,22). The summed E-state index contributed by atoms with van der Waals surface area (Å²) < 4.78 is 25.4. The summed E-state index contributed by atoms with van der Waals surface area (Å²) >= 11 is 0. The molecule has 0 heterocycles. The fourth-order valence-corrected chi connectivity index (χ4v) is 3.19. The first-order chi connectivity index (χ1) is 12.2. The number of rotatable bonds is 6. The van der Waals surface area contributed by atoms with Gasteiger partial charge in [0.25, 0.3) is 0 Å². The number of anilines is 3. The Hall–Kier alpha value is -2.87. The number of nitrogens with zero attached hydrogens (tertiary/aromatic N) is 2. The van der Waals surface area contributed by atoms with Gasteiger partial charge in [0, 0.05) is 25.3 Å². The van der Waals surface area contributed by atoms with E-state index in [9.17, 15) is 18.0 Å². The zero-order chi connectivity index (χ0) is 19.3. The third-order valence-corrected chi connectivity index (χ3v) is 4.81. The predicted molar refractivity (Wildman–Crippen MR) is 103 cm³/mol. The molecule has 0 unspecified atom stereocenters. The number of sulfonamides is 1. The summed E-state index contributed by atoms with van der Waals surface area (Å²) in [4.78, 5) is 25.0. The lowest BCUT2D eigenvalue weighted by molar-refractivity contribution is -0.117. The maximum Gasteiger partial charge on any atom is 0.247 e. The third kappa shape index (κ3) is 5.06. The van der Waals surface area contributed by atoms with E-state index >= 15 is 0 Å². The molecule has 0 aliphatic rings. The van der Waals surface area contributed by atoms with Crippen LogP contribution in [-0.2, 0) is 19.6 Å². The molecular weight excluding hydrogens is 354 g/mol. The molecule has 0 bridgehead atoms. The summed E-state index contributed by atoms with van der Waals surface area (Å²) in [6.07, 6.45) is 1.05. The van der Waals surface area contributed by atoms with Crippen LogP contribution in [0.3, 0.4) is 0 Å². The van der Waals surface area contributed by atoms with Crippen molar-refractivity contribution in [2.24, 2.45) is 0 Å². The van der Waals surface area contributed by atoms with Crippen molar-refractivity contribution in [2.45, 2.75) is 6.92 Å². The molecule has 1 N–H and O–H groups in total. The second-order valence-corrected chi connectivity index (χ2v) is 7.69. The highest BCUT2D eigenvalue weighted by molar-refractivity contribution is 7.92. The zero-order valence-electron chi connectivity index (χ0n) is 14.8. The number of carbonyl (C=O) groups excluding carboxylic acids is 2. The van der Waals surface area contributed by atoms with Crippen molar-refractivity contribution in [1.29, 1.82) is 0 Å². The van der Waals surface area contributed by atoms with Gasteiger partial charge in [-0.2, -0.15) is 0 Å². The number of nitrogens with one attached hydrogen (secondary N) is 1. The molecule has 0 aliphatic heterocycles. The summed E-state index contributed by atoms with van der Waals surface area (Å²) in [7, 11) is -2.07. The van der Waals surface area contributed by atoms with E-state index < -0.39 is 10.0 Å². The molecule has 2 aromatic carbocycles. The Kier molecular flexibility index (Phi) is 5.99. The van der Waals surface area contributed by atoms with Crippen LogP contribution in [0.5, 0.6) is 0 Å². The second kappa shape index (κ2) is 8.01. The van der Waals surface area contributed by atoms with Gasteiger partial charge in [-0.05, 0) is 36.4 Å². The lowest BCUT2D eigenvalue weighted by Crippen LogP contribution is -2.41. The van der Waals surface area contributed by atoms with Gasteiger partial charge in [0.1, 0.15) is 6.54 Å². The third-order valence-electron chi connectivity index (χ3n) is 3.67. The maximum absolute atomic E-state index is 12.5. The molecule has 8 heteroatoms. The first-order valence-electron chi connectivity index (χ1n) is 7.85. The van der Waals surface area contributed by atoms with Gasteiger partial charge in [0.15, 0.2) is 0 Å². The largest absolute Gasteiger partial charge is 0.326 e. The molecule has 2 rings (SSSR count). The van der Waals surface area contributed by atoms with Crippen molar-refractivity contribution in [3.63, 3.8) is 0 Å². The predicted octanol–water partition coefficient (Wildman–Crippen LogP) is 2.07. The molecule has 7 nitrogen and oxygen atoms in total. The van der Waals surface area contributed by atoms with E-state index in [1.807, 2.05) is 6.07 Å². The average molecular weight is 375 g/mol. The summed E-state index contributed by atoms with van der Waals surface area (Å²) in [6.45, 7) is 1.05. The van der Waals surface area contributed by atoms with E-state index in [0.717, 1.165) is 10.6 Å². The molecule has 0 aliphatic carbocycles. The summed E-state index contributed by atoms with van der Waals surface area (Å²) in [5.74, 6) is -0.593. The van der Waals surface area contributed by atoms with Crippen LogP contribution in [0, 0.1) is 0 Å². The van der Waals surface area contributed by atoms with Gasteiger partial charge in [0.05, 0.1) is 11.9 Å². The first-order valence-corrected chi connectivity index (χ1v) is 9.70. The van der Waals surface area contributed by atoms with E-state index in [-0.39, 0.29) is 18.4 Å². The SMILES string of the molecule is CC(=O)Nc1ccc(N(CC(=O)N(C)c2ccccc2)S(C)(=O)=O)cc1. The van der Waals surface area contributed by atoms with Gasteiger partial charge in [-0.1, -0.05) is 18.2 Å². The Morgan fingerprint density at radius 3 is 2.04 bits per heavy atom. The Morgan fingerprint density at radius 2 is 1.54 bits per heavy atom. The summed E-state index contributed by atoms with van der Waals surface area (Å²) in [5.41, 5.74) is 1.56. The molecule has 0 aromatic heterocycles. The number of benzene rings is 2. The van der Waals surface area contributed by atoms with Crippen LogP contribution < -0.4 is 14.5 Å². The lowest BCUT2D eigenvalue weighted by Gasteiger charge is -2.25. The van der Waals surface area contributed by atoms with Gasteiger partial charge in [-0.3, -0.25) is 13.9 Å². The first kappa shape index (κ1) is 19.5. The van der Waals surface area contributed by atoms with E-state index in [2.05, 4.69) is 5.32 Å². The smallest absolute Gasteiger partial charge is 0.247 e. The molecule has 0 spiro atoms. The fraction of sp³-hybridized carbons (Fsp3) is 0.222. The number of hydrogen-bond acceptors (Lipinski definition) is 4. The van der Waals surface area contributed by atoms with Gasteiger partial charge in [-0.25, -0.2) is 8.42 Å². The molecular formula is C18H21N3O4S. The Labute approximate surface area is 153 Å². The van der Waals surface area contributed by atoms with Crippen LogP contribution >= 0.6 is 0 Å². The van der Waals surface area contributed by atoms with Gasteiger partial charge in [-0.15, -0.1) is 0 Å². The fourth-order valence-electron chi connectivity index (χ4n) is 2.34. The van der Waals surface area contributed by atoms with E-state index in [0.29, 0.717) is 17.1 Å². The van der Waals surface area contributed by atoms with Crippen LogP contribution in [0.4, 0.5) is 17.1 Å². The molecule has 2 amide bonds. The van der Waals surface area contributed by atoms with Crippen molar-refractivity contribution >= 4 is 38.9 Å². The molecule has 0 saturated carbocycles. The number of hydrogen-bond donors (Lipinski definition) is 1. The highest BCUT2D eigenvalue weighted by atomic mass is 32.2. The van der Waals surface area contributed by atoms with Crippen molar-refractivity contribution in [3.05, 3.63) is 54.6 Å². The van der Waals surface area contributed by atoms with Gasteiger partial charge in [0.2, 0.25) is 21.8 Å². The normalized spacial score (nSPS) is 10.9. The number of amides is 2. The summed E-state index contributed by atoms with van der Waals surface area (Å²) in [5, 5.41) is 2.61. The van der Waals surface area contributed by atoms with Crippen molar-refractivity contribution < 1.29 is 18.0 Å². The number of para-hydroxylation sites is 1. The average Bonchev–Trinajstić information content (AvgIpc) is 2.59. The van der Waals surface area contributed by atoms with E-state index in [1.165, 1.54) is 11.8 Å². The highest BCUT2D eigenvalue weighted by Crippen LogP contribution is 2.21. The molecule has 0 radical (unpaired) electrons. The van der Waals surface area contributed by atoms with E-state index in [1.54, 1.807) is 55.6 Å². The van der Waals surface area contributed by atoms with E-state index in [4.69, 9.17) is 0 Å². The summed E-state index contributed by atoms with van der Waals surface area (Å²) in [6, 6.07) is 15.2. The van der Waals surface area contributed by atoms with Gasteiger partial charge >= 0.3 is 0 Å². The molecule has 0 fully saturated rings. The van der Waals surface area contributed by atoms with Crippen LogP contribution in [0.1, 0.15) is 6.92 Å². The Morgan fingerprint density at radius 1 is 0.962 bits per heavy atom. The minimum atomic E-state index is -3.67. The van der Waals surface area contributed by atoms with Crippen molar-refractivity contribution in [1.82, 2.24) is 0 Å². The monoisotopic (exact) mass is 375 g/mol. The Bertz CT molecular complexity index is 880. The topological polar surface area (TPSA) is 86.8 Å². The zero-order valence-corrected chi connectivity index (χ0v) is 15.7. The molecule has 2 aromatic rings. The van der Waals surface area contributed by atoms with Crippen LogP contribution in [0.15, 0.2) is 54.6 Å². The number of carbonyl (C=O) groups is 2. The lowest BCUT2D eigenvalue weighted by atomic mass is 10.2. The van der Waals surface area contributed by atoms with Crippen molar-refractivity contribution in [2.75, 3.05) is 34.4 Å². The highest BCUT2D eigenvalue weighted by Gasteiger charge is 2.23. The molecule has 26 heavy (non-hydrogen) atoms. The molecule has 0 atom stereocenters. The minimum absolute atomic E-state index is 0.225. The van der Waals surface area contributed by atoms with Crippen LogP contribution in [0.2, 0.25) is 0 Å². The quantitative estimate of drug-likeness (QED) is 0.837. The van der Waals surface area contributed by atoms with Crippen LogP contribution in [0.25, 0.3) is 0 Å². The van der Waals surface area contributed by atoms with Crippen LogP contribution in [-0.4, -0.2) is 40.1 Å². The molecule has 138 valence electrons. The minimum Gasteiger partial charge on any atom is -0.326 e. The number of likely N-dealkylation sites (N-methyl/N-ethyl adjacent to an activating group) is 1. The maximum atomic E-state index is 12.5.